The topological polar surface area (TPSA) is 152 Å². The molecular weight excluding hydrogens is 322 g/mol. The summed E-state index contributed by atoms with van der Waals surface area (Å²) in [4.78, 5) is 25.4. The average molecular weight is 333 g/mol. The highest BCUT2D eigenvalue weighted by Gasteiger charge is 2.33. The van der Waals surface area contributed by atoms with Gasteiger partial charge in [-0.15, -0.1) is 0 Å². The van der Waals surface area contributed by atoms with Crippen LogP contribution in [-0.2, 0) is 0 Å². The minimum atomic E-state index is -0.546. The Labute approximate surface area is 141 Å². The quantitative estimate of drug-likeness (QED) is 0.246. The van der Waals surface area contributed by atoms with Crippen molar-refractivity contribution < 1.29 is 14.7 Å². The van der Waals surface area contributed by atoms with Gasteiger partial charge in [0, 0.05) is 11.1 Å². The monoisotopic (exact) mass is 333 g/mol. The zero-order chi connectivity index (χ0) is 18.1. The number of rotatable bonds is 3. The number of hydrogen-bond donors (Lipinski definition) is 4. The van der Waals surface area contributed by atoms with Gasteiger partial charge in [-0.2, -0.15) is 10.4 Å². The fraction of sp³-hybridized carbons (Fsp3) is 0. The van der Waals surface area contributed by atoms with Gasteiger partial charge in [0.25, 0.3) is 0 Å². The van der Waals surface area contributed by atoms with Gasteiger partial charge in [-0.3, -0.25) is 20.4 Å². The van der Waals surface area contributed by atoms with Crippen molar-refractivity contribution in [1.29, 1.82) is 10.7 Å². The molecule has 1 aliphatic carbocycles. The Morgan fingerprint density at radius 1 is 1.12 bits per heavy atom. The van der Waals surface area contributed by atoms with Gasteiger partial charge in [-0.05, 0) is 12.1 Å². The predicted molar refractivity (Wildman–Crippen MR) is 90.0 cm³/mol. The molecule has 122 valence electrons. The van der Waals surface area contributed by atoms with Gasteiger partial charge in [0.2, 0.25) is 5.71 Å². The van der Waals surface area contributed by atoms with Gasteiger partial charge in [0.05, 0.1) is 16.8 Å². The van der Waals surface area contributed by atoms with Crippen LogP contribution in [0.2, 0.25) is 0 Å². The number of nitrogens with one attached hydrogen (secondary N) is 2. The second-order valence-electron chi connectivity index (χ2n) is 5.18. The maximum Gasteiger partial charge on any atom is 0.201 e. The molecule has 2 aromatic rings. The highest BCUT2D eigenvalue weighted by atomic mass is 16.3. The number of hydrogen-bond acceptors (Lipinski definition) is 7. The fourth-order valence-electron chi connectivity index (χ4n) is 2.56. The van der Waals surface area contributed by atoms with E-state index in [9.17, 15) is 14.7 Å². The number of aromatic hydroxyl groups is 1. The number of amidine groups is 1. The molecule has 0 spiro atoms. The molecular formula is C17H11N5O3. The summed E-state index contributed by atoms with van der Waals surface area (Å²) >= 11 is 0. The molecule has 5 N–H and O–H groups in total. The maximum absolute atomic E-state index is 12.8. The molecule has 8 heteroatoms. The second kappa shape index (κ2) is 5.90. The van der Waals surface area contributed by atoms with Crippen molar-refractivity contribution in [1.82, 2.24) is 0 Å². The summed E-state index contributed by atoms with van der Waals surface area (Å²) in [5.74, 6) is -1.82. The van der Waals surface area contributed by atoms with E-state index in [2.05, 4.69) is 10.5 Å². The van der Waals surface area contributed by atoms with Gasteiger partial charge in [-0.1, -0.05) is 24.3 Å². The molecule has 25 heavy (non-hydrogen) atoms. The lowest BCUT2D eigenvalue weighted by molar-refractivity contribution is 0.0977. The molecule has 0 aliphatic heterocycles. The Hall–Kier alpha value is -3.99. The third-order valence-electron chi connectivity index (χ3n) is 3.70. The van der Waals surface area contributed by atoms with Crippen molar-refractivity contribution in [3.05, 3.63) is 58.7 Å². The standard InChI is InChI=1S/C17H11N5O3/c18-7-11(17(19)20)22-21-10-5-6-12(23)14-13(10)15(24)8-3-1-2-4-9(8)16(14)25/h1-6,21,23H,(H3,19,20)/b22-11+. The lowest BCUT2D eigenvalue weighted by Gasteiger charge is -2.20. The molecule has 8 nitrogen and oxygen atoms in total. The number of hydrazone groups is 1. The summed E-state index contributed by atoms with van der Waals surface area (Å²) in [6, 6.07) is 10.5. The Bertz CT molecular complexity index is 1020. The molecule has 0 radical (unpaired) electrons. The maximum atomic E-state index is 12.8. The zero-order valence-electron chi connectivity index (χ0n) is 12.7. The van der Waals surface area contributed by atoms with E-state index in [1.54, 1.807) is 18.2 Å². The van der Waals surface area contributed by atoms with E-state index < -0.39 is 17.4 Å². The SMILES string of the molecule is N#C/C(=N\Nc1ccc(O)c2c1C(=O)c1ccccc1C2=O)C(=N)N. The molecule has 0 atom stereocenters. The van der Waals surface area contributed by atoms with Crippen LogP contribution in [0, 0.1) is 16.7 Å². The van der Waals surface area contributed by atoms with Crippen LogP contribution in [0.4, 0.5) is 5.69 Å². The molecule has 0 unspecified atom stereocenters. The summed E-state index contributed by atoms with van der Waals surface area (Å²) in [5, 5.41) is 29.8. The third kappa shape index (κ3) is 2.49. The highest BCUT2D eigenvalue weighted by Crippen LogP contribution is 2.36. The molecule has 0 aromatic heterocycles. The Kier molecular flexibility index (Phi) is 3.75. The average Bonchev–Trinajstić information content (AvgIpc) is 2.60. The smallest absolute Gasteiger partial charge is 0.201 e. The predicted octanol–water partition coefficient (Wildman–Crippen LogP) is 1.40. The summed E-state index contributed by atoms with van der Waals surface area (Å²) in [7, 11) is 0. The molecule has 0 bridgehead atoms. The van der Waals surface area contributed by atoms with E-state index in [4.69, 9.17) is 16.4 Å². The summed E-state index contributed by atoms with van der Waals surface area (Å²) in [5.41, 5.74) is 7.67. The minimum Gasteiger partial charge on any atom is -0.507 e. The number of nitriles is 1. The van der Waals surface area contributed by atoms with Crippen molar-refractivity contribution in [2.45, 2.75) is 0 Å². The lowest BCUT2D eigenvalue weighted by Crippen LogP contribution is -2.24. The van der Waals surface area contributed by atoms with E-state index >= 15 is 0 Å². The zero-order valence-corrected chi connectivity index (χ0v) is 12.7. The number of fused-ring (bicyclic) bond motifs is 2. The van der Waals surface area contributed by atoms with Crippen LogP contribution >= 0.6 is 0 Å². The van der Waals surface area contributed by atoms with E-state index in [0.29, 0.717) is 0 Å². The van der Waals surface area contributed by atoms with E-state index in [1.807, 2.05) is 0 Å². The van der Waals surface area contributed by atoms with Gasteiger partial charge < -0.3 is 10.8 Å². The summed E-state index contributed by atoms with van der Waals surface area (Å²) in [6.45, 7) is 0. The van der Waals surface area contributed by atoms with Crippen molar-refractivity contribution in [2.75, 3.05) is 5.43 Å². The highest BCUT2D eigenvalue weighted by molar-refractivity contribution is 6.46. The van der Waals surface area contributed by atoms with Crippen molar-refractivity contribution >= 4 is 28.8 Å². The van der Waals surface area contributed by atoms with Crippen LogP contribution in [0.25, 0.3) is 0 Å². The molecule has 0 fully saturated rings. The van der Waals surface area contributed by atoms with Gasteiger partial charge in [0.1, 0.15) is 11.8 Å². The third-order valence-corrected chi connectivity index (χ3v) is 3.70. The number of nitrogens with zero attached hydrogens (tertiary/aromatic N) is 2. The first-order valence-corrected chi connectivity index (χ1v) is 7.08. The van der Waals surface area contributed by atoms with Gasteiger partial charge in [0.15, 0.2) is 17.4 Å². The van der Waals surface area contributed by atoms with E-state index in [-0.39, 0.29) is 39.4 Å². The largest absolute Gasteiger partial charge is 0.507 e. The first-order chi connectivity index (χ1) is 12.0. The number of carbonyl (C=O) groups excluding carboxylic acids is 2. The van der Waals surface area contributed by atoms with Crippen LogP contribution in [0.1, 0.15) is 31.8 Å². The Morgan fingerprint density at radius 2 is 1.72 bits per heavy atom. The van der Waals surface area contributed by atoms with Crippen LogP contribution in [-0.4, -0.2) is 28.2 Å². The first kappa shape index (κ1) is 15.9. The number of ketones is 2. The van der Waals surface area contributed by atoms with Crippen molar-refractivity contribution in [2.24, 2.45) is 10.8 Å². The summed E-state index contributed by atoms with van der Waals surface area (Å²) < 4.78 is 0. The number of phenols is 1. The van der Waals surface area contributed by atoms with E-state index in [0.717, 1.165) is 0 Å². The van der Waals surface area contributed by atoms with Crippen LogP contribution in [0.15, 0.2) is 41.5 Å². The molecule has 0 saturated carbocycles. The van der Waals surface area contributed by atoms with Crippen LogP contribution in [0.5, 0.6) is 5.75 Å². The van der Waals surface area contributed by atoms with Crippen molar-refractivity contribution in [3.63, 3.8) is 0 Å². The molecule has 0 saturated heterocycles. The van der Waals surface area contributed by atoms with Crippen molar-refractivity contribution in [3.8, 4) is 11.8 Å². The molecule has 0 heterocycles. The number of anilines is 1. The number of carbonyl (C=O) groups is 2. The van der Waals surface area contributed by atoms with Crippen LogP contribution < -0.4 is 11.2 Å². The number of benzene rings is 2. The summed E-state index contributed by atoms with van der Waals surface area (Å²) in [6.07, 6.45) is 0. The van der Waals surface area contributed by atoms with Gasteiger partial charge >= 0.3 is 0 Å². The number of phenolic OH excluding ortho intramolecular Hbond substituents is 1. The normalized spacial score (nSPS) is 12.8. The Morgan fingerprint density at radius 3 is 2.28 bits per heavy atom. The minimum absolute atomic E-state index is 0.0479. The first-order valence-electron chi connectivity index (χ1n) is 7.08. The number of nitrogens with two attached hydrogens (primary N) is 1. The van der Waals surface area contributed by atoms with E-state index in [1.165, 1.54) is 24.3 Å². The second-order valence-corrected chi connectivity index (χ2v) is 5.18. The van der Waals surface area contributed by atoms with Gasteiger partial charge in [-0.25, -0.2) is 0 Å². The fourth-order valence-corrected chi connectivity index (χ4v) is 2.56. The Balaban J connectivity index is 2.17. The molecule has 0 amide bonds. The molecule has 3 rings (SSSR count). The van der Waals surface area contributed by atoms with Crippen LogP contribution in [0.3, 0.4) is 0 Å². The lowest BCUT2D eigenvalue weighted by atomic mass is 9.83. The molecule has 2 aromatic carbocycles. The molecule has 1 aliphatic rings.